The maximum absolute atomic E-state index is 11.6. The summed E-state index contributed by atoms with van der Waals surface area (Å²) in [6, 6.07) is 8.81. The molecule has 109 valence electrons. The summed E-state index contributed by atoms with van der Waals surface area (Å²) in [6.07, 6.45) is 0. The second-order valence-electron chi connectivity index (χ2n) is 3.71. The van der Waals surface area contributed by atoms with Crippen LogP contribution in [0.3, 0.4) is 0 Å². The third-order valence-corrected chi connectivity index (χ3v) is 2.20. The van der Waals surface area contributed by atoms with E-state index < -0.39 is 0 Å². The number of ether oxygens (including phenoxy) is 3. The lowest BCUT2D eigenvalue weighted by Crippen LogP contribution is -2.10. The molecule has 0 unspecified atom stereocenters. The predicted octanol–water partition coefficient (Wildman–Crippen LogP) is 1.72. The first-order valence-electron chi connectivity index (χ1n) is 6.47. The van der Waals surface area contributed by atoms with Gasteiger partial charge in [0.2, 0.25) is 0 Å². The van der Waals surface area contributed by atoms with Crippen molar-refractivity contribution < 1.29 is 19.0 Å². The molecule has 0 atom stereocenters. The van der Waals surface area contributed by atoms with Gasteiger partial charge in [-0.25, -0.2) is 4.79 Å². The number of esters is 1. The van der Waals surface area contributed by atoms with Crippen LogP contribution in [0.5, 0.6) is 0 Å². The van der Waals surface area contributed by atoms with Crippen molar-refractivity contribution in [1.82, 2.24) is 0 Å². The topological polar surface area (TPSA) is 44.8 Å². The third-order valence-electron chi connectivity index (χ3n) is 2.20. The van der Waals surface area contributed by atoms with Gasteiger partial charge in [-0.05, 0) is 30.9 Å². The van der Waals surface area contributed by atoms with Crippen LogP contribution in [-0.2, 0) is 14.2 Å². The molecule has 0 bridgehead atoms. The van der Waals surface area contributed by atoms with E-state index in [1.54, 1.807) is 24.3 Å². The van der Waals surface area contributed by atoms with E-state index in [0.29, 0.717) is 25.4 Å². The highest BCUT2D eigenvalue weighted by molar-refractivity contribution is 5.89. The Kier molecular flexibility index (Phi) is 9.23. The normalized spacial score (nSPS) is 9.00. The van der Waals surface area contributed by atoms with E-state index in [2.05, 4.69) is 30.6 Å². The van der Waals surface area contributed by atoms with Crippen molar-refractivity contribution in [3.63, 3.8) is 0 Å². The first kappa shape index (κ1) is 16.8. The highest BCUT2D eigenvalue weighted by atomic mass is 16.6. The molecular weight excluding hydrogens is 268 g/mol. The van der Waals surface area contributed by atoms with Crippen LogP contribution < -0.4 is 0 Å². The lowest BCUT2D eigenvalue weighted by Gasteiger charge is -2.03. The number of carbonyl (C=O) groups is 1. The zero-order chi connectivity index (χ0) is 15.2. The average Bonchev–Trinajstić information content (AvgIpc) is 2.53. The van der Waals surface area contributed by atoms with Crippen molar-refractivity contribution in [3.05, 3.63) is 42.8 Å². The van der Waals surface area contributed by atoms with Crippen LogP contribution in [0.25, 0.3) is 0 Å². The zero-order valence-corrected chi connectivity index (χ0v) is 11.8. The van der Waals surface area contributed by atoms with E-state index in [1.165, 1.54) is 0 Å². The molecule has 1 rings (SSSR count). The fourth-order valence-electron chi connectivity index (χ4n) is 1.26. The summed E-state index contributed by atoms with van der Waals surface area (Å²) in [5, 5.41) is 0. The fourth-order valence-corrected chi connectivity index (χ4v) is 1.26. The minimum absolute atomic E-state index is 0.193. The van der Waals surface area contributed by atoms with Crippen molar-refractivity contribution in [2.75, 3.05) is 33.0 Å². The van der Waals surface area contributed by atoms with Crippen LogP contribution in [0, 0.1) is 30.6 Å². The van der Waals surface area contributed by atoms with Crippen LogP contribution in [0.2, 0.25) is 0 Å². The van der Waals surface area contributed by atoms with Gasteiger partial charge in [-0.1, -0.05) is 30.0 Å². The molecule has 0 saturated carbocycles. The predicted molar refractivity (Wildman–Crippen MR) is 79.3 cm³/mol. The van der Waals surface area contributed by atoms with Crippen molar-refractivity contribution in [2.45, 2.75) is 0 Å². The molecule has 0 aliphatic rings. The van der Waals surface area contributed by atoms with E-state index in [4.69, 9.17) is 14.2 Å². The summed E-state index contributed by atoms with van der Waals surface area (Å²) < 4.78 is 15.1. The number of carbonyl (C=O) groups excluding carboxylic acids is 1. The molecule has 0 heterocycles. The van der Waals surface area contributed by atoms with Crippen molar-refractivity contribution in [2.24, 2.45) is 0 Å². The monoisotopic (exact) mass is 285 g/mol. The smallest absolute Gasteiger partial charge is 0.338 e. The maximum atomic E-state index is 11.6. The second kappa shape index (κ2) is 11.5. The zero-order valence-electron chi connectivity index (χ0n) is 11.8. The van der Waals surface area contributed by atoms with Crippen molar-refractivity contribution in [3.8, 4) is 23.7 Å². The van der Waals surface area contributed by atoms with Crippen LogP contribution >= 0.6 is 0 Å². The summed E-state index contributed by atoms with van der Waals surface area (Å²) in [7, 11) is 0. The van der Waals surface area contributed by atoms with Gasteiger partial charge in [0.05, 0.1) is 12.2 Å². The quantitative estimate of drug-likeness (QED) is 0.435. The van der Waals surface area contributed by atoms with Gasteiger partial charge < -0.3 is 14.2 Å². The highest BCUT2D eigenvalue weighted by Crippen LogP contribution is 2.00. The van der Waals surface area contributed by atoms with Gasteiger partial charge >= 0.3 is 5.97 Å². The molecule has 1 radical (unpaired) electrons. The Bertz CT molecular complexity index is 529. The lowest BCUT2D eigenvalue weighted by atomic mass is 10.2. The summed E-state index contributed by atoms with van der Waals surface area (Å²) in [5.41, 5.74) is 0.525. The average molecular weight is 285 g/mol. The molecule has 1 aromatic carbocycles. The largest absolute Gasteiger partial charge is 0.460 e. The Morgan fingerprint density at radius 1 is 1.00 bits per heavy atom. The van der Waals surface area contributed by atoms with Gasteiger partial charge in [0.25, 0.3) is 0 Å². The SMILES string of the molecule is [CH2]COCC#CC#CCOCCOC(=O)c1ccccc1. The Morgan fingerprint density at radius 2 is 1.67 bits per heavy atom. The molecule has 1 aromatic rings. The Balaban J connectivity index is 2.06. The number of rotatable bonds is 7. The van der Waals surface area contributed by atoms with Gasteiger partial charge in [-0.15, -0.1) is 0 Å². The molecule has 4 nitrogen and oxygen atoms in total. The van der Waals surface area contributed by atoms with Gasteiger partial charge in [-0.2, -0.15) is 0 Å². The Labute approximate surface area is 125 Å². The number of hydrogen-bond acceptors (Lipinski definition) is 4. The highest BCUT2D eigenvalue weighted by Gasteiger charge is 2.04. The maximum Gasteiger partial charge on any atom is 0.338 e. The van der Waals surface area contributed by atoms with Crippen LogP contribution in [0.4, 0.5) is 0 Å². The Morgan fingerprint density at radius 3 is 2.33 bits per heavy atom. The molecule has 0 amide bonds. The van der Waals surface area contributed by atoms with Crippen molar-refractivity contribution >= 4 is 5.97 Å². The minimum Gasteiger partial charge on any atom is -0.460 e. The number of hydrogen-bond donors (Lipinski definition) is 0. The fraction of sp³-hybridized carbons (Fsp3) is 0.294. The van der Waals surface area contributed by atoms with E-state index >= 15 is 0 Å². The molecule has 0 spiro atoms. The first-order valence-corrected chi connectivity index (χ1v) is 6.47. The molecule has 0 aromatic heterocycles. The van der Waals surface area contributed by atoms with E-state index in [9.17, 15) is 4.79 Å². The van der Waals surface area contributed by atoms with Crippen LogP contribution in [0.1, 0.15) is 10.4 Å². The lowest BCUT2D eigenvalue weighted by molar-refractivity contribution is 0.0359. The molecule has 4 heteroatoms. The van der Waals surface area contributed by atoms with E-state index in [0.717, 1.165) is 0 Å². The van der Waals surface area contributed by atoms with Gasteiger partial charge in [-0.3, -0.25) is 0 Å². The molecular formula is C17H17O4. The van der Waals surface area contributed by atoms with Gasteiger partial charge in [0.1, 0.15) is 19.8 Å². The van der Waals surface area contributed by atoms with Gasteiger partial charge in [0, 0.05) is 6.61 Å². The second-order valence-corrected chi connectivity index (χ2v) is 3.71. The standard InChI is InChI=1S/C17H17O4/c1-2-19-12-8-3-4-9-13-20-14-15-21-17(18)16-10-6-5-7-11-16/h5-7,10-11H,1-2,12-15H2. The minimum atomic E-state index is -0.360. The molecule has 21 heavy (non-hydrogen) atoms. The van der Waals surface area contributed by atoms with E-state index in [1.807, 2.05) is 6.07 Å². The third kappa shape index (κ3) is 8.49. The van der Waals surface area contributed by atoms with Crippen LogP contribution in [0.15, 0.2) is 30.3 Å². The molecule has 0 saturated heterocycles. The summed E-state index contributed by atoms with van der Waals surface area (Å²) >= 11 is 0. The van der Waals surface area contributed by atoms with E-state index in [-0.39, 0.29) is 19.2 Å². The summed E-state index contributed by atoms with van der Waals surface area (Å²) in [4.78, 5) is 11.6. The molecule has 0 N–H and O–H groups in total. The summed E-state index contributed by atoms with van der Waals surface area (Å²) in [6.45, 7) is 4.97. The summed E-state index contributed by atoms with van der Waals surface area (Å²) in [5.74, 6) is 10.3. The molecule has 0 aliphatic heterocycles. The molecule has 0 aliphatic carbocycles. The molecule has 0 fully saturated rings. The van der Waals surface area contributed by atoms with Gasteiger partial charge in [0.15, 0.2) is 0 Å². The number of benzene rings is 1. The first-order chi connectivity index (χ1) is 10.3. The Hall–Kier alpha value is -2.27. The van der Waals surface area contributed by atoms with Crippen molar-refractivity contribution in [1.29, 1.82) is 0 Å². The van der Waals surface area contributed by atoms with Crippen LogP contribution in [-0.4, -0.2) is 39.0 Å².